The first-order chi connectivity index (χ1) is 7.87. The van der Waals surface area contributed by atoms with Crippen molar-refractivity contribution < 1.29 is 10.9 Å². The van der Waals surface area contributed by atoms with Crippen molar-refractivity contribution in [2.45, 2.75) is 32.8 Å². The Morgan fingerprint density at radius 1 is 1.38 bits per heavy atom. The summed E-state index contributed by atoms with van der Waals surface area (Å²) in [6, 6.07) is 9.60. The third-order valence-corrected chi connectivity index (χ3v) is 1.80. The number of hydrogen-bond acceptors (Lipinski definition) is 2. The highest BCUT2D eigenvalue weighted by Crippen LogP contribution is 2.06. The molecule has 0 spiro atoms. The van der Waals surface area contributed by atoms with Crippen molar-refractivity contribution in [2.75, 3.05) is 6.52 Å². The normalized spacial score (nSPS) is 13.8. The second-order valence-electron chi connectivity index (χ2n) is 4.54. The standard InChI is InChI=1S/C13H19NO2/c1-13(2,3)16-12(15)14-10-9-11-7-5-4-6-8-11/h4-8H,9-10H2,1-3H3,(H,14,15)/i10D/t10-/m1/s1. The number of amides is 1. The third kappa shape index (κ3) is 5.39. The number of hydrogen-bond donors (Lipinski definition) is 1. The van der Waals surface area contributed by atoms with Gasteiger partial charge in [-0.2, -0.15) is 0 Å². The number of rotatable bonds is 3. The minimum absolute atomic E-state index is 0.472. The molecule has 1 amide bonds. The van der Waals surface area contributed by atoms with Crippen LogP contribution in [0.3, 0.4) is 0 Å². The van der Waals surface area contributed by atoms with E-state index in [2.05, 4.69) is 5.32 Å². The molecule has 1 aromatic carbocycles. The molecule has 1 atom stereocenters. The van der Waals surface area contributed by atoms with Crippen LogP contribution in [0, 0.1) is 0 Å². The van der Waals surface area contributed by atoms with Crippen LogP contribution in [0.4, 0.5) is 4.79 Å². The maximum atomic E-state index is 11.4. The summed E-state index contributed by atoms with van der Waals surface area (Å²) in [7, 11) is 0. The van der Waals surface area contributed by atoms with E-state index in [1.807, 2.05) is 30.3 Å². The minimum Gasteiger partial charge on any atom is -0.444 e. The van der Waals surface area contributed by atoms with Crippen LogP contribution in [0.5, 0.6) is 0 Å². The molecule has 0 unspecified atom stereocenters. The summed E-state index contributed by atoms with van der Waals surface area (Å²) in [5, 5.41) is 2.49. The average Bonchev–Trinajstić information content (AvgIpc) is 2.15. The first-order valence-electron chi connectivity index (χ1n) is 5.90. The molecule has 0 saturated heterocycles. The summed E-state index contributed by atoms with van der Waals surface area (Å²) in [4.78, 5) is 11.4. The van der Waals surface area contributed by atoms with E-state index in [1.165, 1.54) is 0 Å². The van der Waals surface area contributed by atoms with Crippen molar-refractivity contribution in [3.8, 4) is 0 Å². The van der Waals surface area contributed by atoms with Gasteiger partial charge in [0.15, 0.2) is 0 Å². The predicted molar refractivity (Wildman–Crippen MR) is 64.4 cm³/mol. The fourth-order valence-corrected chi connectivity index (χ4v) is 1.17. The van der Waals surface area contributed by atoms with Crippen molar-refractivity contribution in [1.82, 2.24) is 5.32 Å². The summed E-state index contributed by atoms with van der Waals surface area (Å²) >= 11 is 0. The maximum absolute atomic E-state index is 11.4. The fraction of sp³-hybridized carbons (Fsp3) is 0.462. The zero-order valence-corrected chi connectivity index (χ0v) is 9.99. The molecule has 1 aromatic rings. The molecule has 0 aliphatic carbocycles. The molecule has 0 fully saturated rings. The molecule has 1 rings (SSSR count). The van der Waals surface area contributed by atoms with E-state index < -0.39 is 18.2 Å². The summed E-state index contributed by atoms with van der Waals surface area (Å²) in [6.07, 6.45) is -0.0754. The van der Waals surface area contributed by atoms with Gasteiger partial charge in [0.05, 0.1) is 0 Å². The zero-order chi connectivity index (χ0) is 12.9. The van der Waals surface area contributed by atoms with E-state index in [0.717, 1.165) is 5.56 Å². The lowest BCUT2D eigenvalue weighted by atomic mass is 10.1. The van der Waals surface area contributed by atoms with Crippen molar-refractivity contribution in [3.05, 3.63) is 35.9 Å². The van der Waals surface area contributed by atoms with Crippen LogP contribution in [0.15, 0.2) is 30.3 Å². The highest BCUT2D eigenvalue weighted by Gasteiger charge is 2.15. The molecular weight excluding hydrogens is 202 g/mol. The molecule has 16 heavy (non-hydrogen) atoms. The van der Waals surface area contributed by atoms with Gasteiger partial charge in [-0.15, -0.1) is 0 Å². The Hall–Kier alpha value is -1.51. The third-order valence-electron chi connectivity index (χ3n) is 1.80. The summed E-state index contributed by atoms with van der Waals surface area (Å²) in [6.45, 7) is 4.70. The van der Waals surface area contributed by atoms with Crippen LogP contribution in [0.25, 0.3) is 0 Å². The quantitative estimate of drug-likeness (QED) is 0.854. The number of benzene rings is 1. The Morgan fingerprint density at radius 3 is 2.56 bits per heavy atom. The molecule has 0 aromatic heterocycles. The second-order valence-corrected chi connectivity index (χ2v) is 4.54. The lowest BCUT2D eigenvalue weighted by molar-refractivity contribution is 0.0528. The van der Waals surface area contributed by atoms with Crippen molar-refractivity contribution in [1.29, 1.82) is 0 Å². The Labute approximate surface area is 98.2 Å². The number of nitrogens with one attached hydrogen (secondary N) is 1. The van der Waals surface area contributed by atoms with E-state index >= 15 is 0 Å². The maximum Gasteiger partial charge on any atom is 0.407 e. The van der Waals surface area contributed by atoms with Crippen molar-refractivity contribution in [2.24, 2.45) is 0 Å². The SMILES string of the molecule is [2H][C@H](Cc1ccccc1)NC(=O)OC(C)(C)C. The number of carbonyl (C=O) groups excluding carboxylic acids is 1. The number of ether oxygens (including phenoxy) is 1. The van der Waals surface area contributed by atoms with Crippen molar-refractivity contribution in [3.63, 3.8) is 0 Å². The van der Waals surface area contributed by atoms with Gasteiger partial charge in [0.25, 0.3) is 0 Å². The number of aryl methyl sites for hydroxylation is 1. The minimum atomic E-state index is -0.688. The van der Waals surface area contributed by atoms with Crippen molar-refractivity contribution >= 4 is 6.09 Å². The van der Waals surface area contributed by atoms with Gasteiger partial charge >= 0.3 is 6.09 Å². The lowest BCUT2D eigenvalue weighted by Gasteiger charge is -2.19. The molecule has 0 aliphatic heterocycles. The molecule has 0 saturated carbocycles. The molecule has 1 N–H and O–H groups in total. The number of carbonyl (C=O) groups is 1. The van der Waals surface area contributed by atoms with Crippen LogP contribution in [0.1, 0.15) is 27.7 Å². The van der Waals surface area contributed by atoms with Crippen LogP contribution in [-0.2, 0) is 11.2 Å². The predicted octanol–water partition coefficient (Wildman–Crippen LogP) is 2.75. The van der Waals surface area contributed by atoms with Gasteiger partial charge in [0.2, 0.25) is 0 Å². The second kappa shape index (κ2) is 5.54. The number of alkyl carbamates (subject to hydrolysis) is 1. The fourth-order valence-electron chi connectivity index (χ4n) is 1.17. The van der Waals surface area contributed by atoms with Crippen LogP contribution in [-0.4, -0.2) is 18.2 Å². The Morgan fingerprint density at radius 2 is 2.00 bits per heavy atom. The summed E-state index contributed by atoms with van der Waals surface area (Å²) in [5.74, 6) is 0. The molecular formula is C13H19NO2. The Balaban J connectivity index is 2.40. The van der Waals surface area contributed by atoms with E-state index in [0.29, 0.717) is 6.42 Å². The topological polar surface area (TPSA) is 38.3 Å². The molecule has 0 bridgehead atoms. The largest absolute Gasteiger partial charge is 0.444 e. The summed E-state index contributed by atoms with van der Waals surface area (Å²) < 4.78 is 12.8. The van der Waals surface area contributed by atoms with Crippen LogP contribution >= 0.6 is 0 Å². The van der Waals surface area contributed by atoms with Gasteiger partial charge in [-0.05, 0) is 32.8 Å². The molecule has 0 radical (unpaired) electrons. The van der Waals surface area contributed by atoms with E-state index in [-0.39, 0.29) is 0 Å². The zero-order valence-electron chi connectivity index (χ0n) is 11.0. The van der Waals surface area contributed by atoms with Gasteiger partial charge in [-0.25, -0.2) is 4.79 Å². The van der Waals surface area contributed by atoms with E-state index in [9.17, 15) is 4.79 Å². The lowest BCUT2D eigenvalue weighted by Crippen LogP contribution is -2.33. The first-order valence-corrected chi connectivity index (χ1v) is 5.32. The smallest absolute Gasteiger partial charge is 0.407 e. The highest BCUT2D eigenvalue weighted by atomic mass is 16.6. The van der Waals surface area contributed by atoms with Gasteiger partial charge in [-0.1, -0.05) is 30.3 Å². The van der Waals surface area contributed by atoms with Gasteiger partial charge in [-0.3, -0.25) is 0 Å². The molecule has 88 valence electrons. The Bertz CT molecular complexity index is 359. The first kappa shape index (κ1) is 11.0. The molecule has 3 nitrogen and oxygen atoms in total. The average molecular weight is 222 g/mol. The van der Waals surface area contributed by atoms with Crippen LogP contribution < -0.4 is 5.32 Å². The molecule has 0 heterocycles. The molecule has 0 aliphatic rings. The highest BCUT2D eigenvalue weighted by molar-refractivity contribution is 5.67. The van der Waals surface area contributed by atoms with Gasteiger partial charge in [0, 0.05) is 7.89 Å². The Kier molecular flexibility index (Phi) is 3.81. The van der Waals surface area contributed by atoms with Crippen LogP contribution in [0.2, 0.25) is 0 Å². The van der Waals surface area contributed by atoms with Gasteiger partial charge in [0.1, 0.15) is 5.60 Å². The molecule has 3 heteroatoms. The van der Waals surface area contributed by atoms with E-state index in [4.69, 9.17) is 6.11 Å². The van der Waals surface area contributed by atoms with E-state index in [1.54, 1.807) is 20.8 Å². The monoisotopic (exact) mass is 222 g/mol. The van der Waals surface area contributed by atoms with Gasteiger partial charge < -0.3 is 10.1 Å². The summed E-state index contributed by atoms with van der Waals surface area (Å²) in [5.41, 5.74) is 0.486.